The second kappa shape index (κ2) is 15.6. The van der Waals surface area contributed by atoms with Crippen LogP contribution in [-0.2, 0) is 18.3 Å². The van der Waals surface area contributed by atoms with Gasteiger partial charge in [-0.1, -0.05) is 187 Å². The average molecular weight is 871 g/mol. The fourth-order valence-corrected chi connectivity index (χ4v) is 13.1. The Bertz CT molecular complexity index is 3180. The van der Waals surface area contributed by atoms with Gasteiger partial charge < -0.3 is 9.47 Å². The molecule has 3 atom stereocenters. The summed E-state index contributed by atoms with van der Waals surface area (Å²) in [6.45, 7) is 19.8. The Morgan fingerprint density at radius 1 is 0.627 bits per heavy atom. The molecule has 0 amide bonds. The van der Waals surface area contributed by atoms with Crippen molar-refractivity contribution in [2.45, 2.75) is 92.3 Å². The van der Waals surface area contributed by atoms with Gasteiger partial charge >= 0.3 is 0 Å². The monoisotopic (exact) mass is 871 g/mol. The summed E-state index contributed by atoms with van der Waals surface area (Å²) in [5.74, 6) is 1.34. The summed E-state index contributed by atoms with van der Waals surface area (Å²) in [5.41, 5.74) is 27.7. The van der Waals surface area contributed by atoms with Gasteiger partial charge in [-0.2, -0.15) is 0 Å². The number of benzene rings is 6. The lowest BCUT2D eigenvalue weighted by Gasteiger charge is -2.50. The summed E-state index contributed by atoms with van der Waals surface area (Å²) >= 11 is 0. The zero-order valence-corrected chi connectivity index (χ0v) is 40.8. The van der Waals surface area contributed by atoms with Gasteiger partial charge in [0.2, 0.25) is 6.71 Å². The van der Waals surface area contributed by atoms with E-state index in [0.29, 0.717) is 17.7 Å². The van der Waals surface area contributed by atoms with Crippen molar-refractivity contribution < 1.29 is 0 Å². The SMILES string of the molecule is Cc1cccc(C)c1-c1ccc(-c2cc3c4c(c2)-n2c(-c5ccccc5)c(-c5ccccc5)c5c2C(B4c2cc(C(C)(C)C)cc4c2N3C/C=C\C(C(C)(C)C)=C/C4)C2CCC=CC2C5)cc1. The molecular formula is C64H63BN2. The molecule has 2 aliphatic carbocycles. The molecule has 0 saturated carbocycles. The van der Waals surface area contributed by atoms with Gasteiger partial charge in [0.15, 0.2) is 0 Å². The van der Waals surface area contributed by atoms with Crippen molar-refractivity contribution in [2.75, 3.05) is 11.4 Å². The molecule has 0 bridgehead atoms. The maximum Gasteiger partial charge on any atom is 0.226 e. The highest BCUT2D eigenvalue weighted by atomic mass is 15.2. The predicted octanol–water partition coefficient (Wildman–Crippen LogP) is 15.0. The van der Waals surface area contributed by atoms with Crippen LogP contribution in [0.25, 0.3) is 50.3 Å². The lowest BCUT2D eigenvalue weighted by atomic mass is 9.26. The lowest BCUT2D eigenvalue weighted by molar-refractivity contribution is 0.314. The van der Waals surface area contributed by atoms with Gasteiger partial charge in [0, 0.05) is 34.9 Å². The third-order valence-electron chi connectivity index (χ3n) is 16.2. The number of rotatable bonds is 4. The predicted molar refractivity (Wildman–Crippen MR) is 286 cm³/mol. The molecule has 3 aliphatic heterocycles. The molecule has 2 nitrogen and oxygen atoms in total. The number of hydrogen-bond acceptors (Lipinski definition) is 1. The van der Waals surface area contributed by atoms with Crippen LogP contribution < -0.4 is 15.8 Å². The summed E-state index contributed by atoms with van der Waals surface area (Å²) in [7, 11) is 0. The van der Waals surface area contributed by atoms with Gasteiger partial charge in [0.25, 0.3) is 0 Å². The fourth-order valence-electron chi connectivity index (χ4n) is 13.1. The van der Waals surface area contributed by atoms with Crippen molar-refractivity contribution in [3.63, 3.8) is 0 Å². The standard InChI is InChI=1S/C64H63BN2/c1-40-19-17-20-41(2)56(40)44-30-28-42(29-31-44)48-37-54-59-55(38-48)67-61(45-23-13-10-14-24-45)57(43-21-11-9-12-22-43)52-36-46-25-15-16-27-51(46)58(62(52)67)65(59)53-39-50(64(6,7)8)35-47-32-33-49(63(3,4)5)26-18-34-66(54)60(47)53/h9-15,17-26,28-31,33,35,37-39,46,51,58H,16,27,32,34,36H2,1-8H3/b26-18-,49-33+. The van der Waals surface area contributed by atoms with E-state index < -0.39 is 0 Å². The number of fused-ring (bicyclic) bond motifs is 6. The van der Waals surface area contributed by atoms with E-state index >= 15 is 0 Å². The van der Waals surface area contributed by atoms with Gasteiger partial charge in [0.1, 0.15) is 0 Å². The van der Waals surface area contributed by atoms with Crippen molar-refractivity contribution in [1.29, 1.82) is 0 Å². The second-order valence-corrected chi connectivity index (χ2v) is 22.4. The molecule has 0 fully saturated rings. The van der Waals surface area contributed by atoms with Crippen molar-refractivity contribution in [2.24, 2.45) is 17.3 Å². The zero-order chi connectivity index (χ0) is 45.9. The Morgan fingerprint density at radius 2 is 1.30 bits per heavy atom. The highest BCUT2D eigenvalue weighted by Crippen LogP contribution is 2.57. The van der Waals surface area contributed by atoms with Crippen LogP contribution in [0.2, 0.25) is 0 Å². The molecule has 1 aromatic heterocycles. The topological polar surface area (TPSA) is 8.17 Å². The molecule has 0 radical (unpaired) electrons. The Labute approximate surface area is 399 Å². The molecule has 7 aromatic rings. The van der Waals surface area contributed by atoms with Crippen LogP contribution in [0, 0.1) is 31.1 Å². The zero-order valence-electron chi connectivity index (χ0n) is 40.8. The number of aromatic nitrogens is 1. The quantitative estimate of drug-likeness (QED) is 0.126. The Morgan fingerprint density at radius 3 is 2.00 bits per heavy atom. The number of nitrogens with zero attached hydrogens (tertiary/aromatic N) is 2. The van der Waals surface area contributed by atoms with Crippen LogP contribution in [0.5, 0.6) is 0 Å². The van der Waals surface area contributed by atoms with Crippen LogP contribution in [-0.4, -0.2) is 17.8 Å². The van der Waals surface area contributed by atoms with Gasteiger partial charge in [-0.15, -0.1) is 0 Å². The molecule has 4 heterocycles. The first kappa shape index (κ1) is 42.1. The van der Waals surface area contributed by atoms with Gasteiger partial charge in [-0.25, -0.2) is 0 Å². The van der Waals surface area contributed by atoms with E-state index in [1.165, 1.54) is 107 Å². The summed E-state index contributed by atoms with van der Waals surface area (Å²) in [6.07, 6.45) is 16.9. The third kappa shape index (κ3) is 6.74. The molecular weight excluding hydrogens is 808 g/mol. The summed E-state index contributed by atoms with van der Waals surface area (Å²) in [6, 6.07) is 49.3. The minimum absolute atomic E-state index is 0.0107. The van der Waals surface area contributed by atoms with E-state index in [1.807, 2.05) is 0 Å². The largest absolute Gasteiger partial charge is 0.338 e. The van der Waals surface area contributed by atoms with Crippen LogP contribution in [0.4, 0.5) is 11.4 Å². The van der Waals surface area contributed by atoms with E-state index in [9.17, 15) is 0 Å². The second-order valence-electron chi connectivity index (χ2n) is 22.4. The van der Waals surface area contributed by atoms with E-state index in [4.69, 9.17) is 0 Å². The summed E-state index contributed by atoms with van der Waals surface area (Å²) in [5, 5.41) is 0. The summed E-state index contributed by atoms with van der Waals surface area (Å²) in [4.78, 5) is 2.74. The highest BCUT2D eigenvalue weighted by Gasteiger charge is 2.54. The van der Waals surface area contributed by atoms with E-state index in [0.717, 1.165) is 25.8 Å². The number of aryl methyl sites for hydroxylation is 2. The van der Waals surface area contributed by atoms with Crippen LogP contribution >= 0.6 is 0 Å². The lowest BCUT2D eigenvalue weighted by Crippen LogP contribution is -2.61. The molecule has 5 aliphatic rings. The highest BCUT2D eigenvalue weighted by molar-refractivity contribution is 6.90. The van der Waals surface area contributed by atoms with Crippen LogP contribution in [0.3, 0.4) is 0 Å². The smallest absolute Gasteiger partial charge is 0.226 e. The van der Waals surface area contributed by atoms with Crippen LogP contribution in [0.1, 0.15) is 93.7 Å². The maximum absolute atomic E-state index is 2.82. The van der Waals surface area contributed by atoms with Crippen molar-refractivity contribution in [3.8, 4) is 50.3 Å². The van der Waals surface area contributed by atoms with Crippen molar-refractivity contribution in [1.82, 2.24) is 4.57 Å². The molecule has 67 heavy (non-hydrogen) atoms. The first-order chi connectivity index (χ1) is 32.3. The average Bonchev–Trinajstić information content (AvgIpc) is 3.70. The van der Waals surface area contributed by atoms with Gasteiger partial charge in [-0.05, 0) is 158 Å². The fraction of sp³-hybridized carbons (Fsp3) is 0.281. The number of allylic oxidation sites excluding steroid dienone is 5. The Balaban J connectivity index is 1.21. The van der Waals surface area contributed by atoms with Crippen molar-refractivity contribution >= 4 is 29.0 Å². The van der Waals surface area contributed by atoms with Crippen LogP contribution in [0.15, 0.2) is 163 Å². The van der Waals surface area contributed by atoms with Gasteiger partial charge in [0.05, 0.1) is 5.69 Å². The molecule has 0 N–H and O–H groups in total. The normalized spacial score (nSPS) is 20.4. The Hall–Kier alpha value is -6.32. The van der Waals surface area contributed by atoms with E-state index in [-0.39, 0.29) is 17.5 Å². The summed E-state index contributed by atoms with van der Waals surface area (Å²) < 4.78 is 2.82. The molecule has 6 aromatic carbocycles. The Kier molecular flexibility index (Phi) is 9.81. The minimum atomic E-state index is -0.0107. The first-order valence-corrected chi connectivity index (χ1v) is 25.1. The number of anilines is 2. The molecule has 3 unspecified atom stereocenters. The molecule has 0 spiro atoms. The maximum atomic E-state index is 2.82. The van der Waals surface area contributed by atoms with E-state index in [1.54, 1.807) is 11.3 Å². The molecule has 0 saturated heterocycles. The molecule has 3 heteroatoms. The minimum Gasteiger partial charge on any atom is -0.338 e. The molecule has 332 valence electrons. The third-order valence-corrected chi connectivity index (χ3v) is 16.2. The number of hydrogen-bond donors (Lipinski definition) is 0. The van der Waals surface area contributed by atoms with Gasteiger partial charge in [-0.3, -0.25) is 0 Å². The van der Waals surface area contributed by atoms with E-state index in [2.05, 4.69) is 223 Å². The molecule has 12 rings (SSSR count). The van der Waals surface area contributed by atoms with Crippen molar-refractivity contribution in [3.05, 3.63) is 197 Å². The first-order valence-electron chi connectivity index (χ1n) is 25.1.